The molecule has 0 aromatic heterocycles. The first-order valence-electron chi connectivity index (χ1n) is 12.6. The Bertz CT molecular complexity index is 1420. The van der Waals surface area contributed by atoms with Gasteiger partial charge >= 0.3 is 0 Å². The van der Waals surface area contributed by atoms with E-state index in [1.165, 1.54) is 6.07 Å². The van der Waals surface area contributed by atoms with Crippen LogP contribution in [0.15, 0.2) is 48.5 Å². The number of hydrogen-bond donors (Lipinski definition) is 0. The molecule has 2 heterocycles. The molecule has 1 spiro atoms. The van der Waals surface area contributed by atoms with Gasteiger partial charge in [-0.05, 0) is 68.4 Å². The summed E-state index contributed by atoms with van der Waals surface area (Å²) in [5.41, 5.74) is 2.27. The molecule has 0 unspecified atom stereocenters. The van der Waals surface area contributed by atoms with Gasteiger partial charge in [0.1, 0.15) is 11.4 Å². The minimum atomic E-state index is -4.11. The molecule has 11 heteroatoms. The number of nitrogens with zero attached hydrogens (tertiary/aromatic N) is 3. The third-order valence-corrected chi connectivity index (χ3v) is 10.4. The fourth-order valence-electron chi connectivity index (χ4n) is 5.12. The first kappa shape index (κ1) is 28.1. The van der Waals surface area contributed by atoms with Crippen molar-refractivity contribution >= 4 is 37.2 Å². The van der Waals surface area contributed by atoms with Gasteiger partial charge in [0.15, 0.2) is 0 Å². The topological polar surface area (TPSA) is 104 Å². The largest absolute Gasteiger partial charge is 0.482 e. The first-order chi connectivity index (χ1) is 17.8. The normalized spacial score (nSPS) is 17.3. The molecular weight excluding hydrogens is 526 g/mol. The molecule has 206 valence electrons. The van der Waals surface area contributed by atoms with Gasteiger partial charge in [0.05, 0.1) is 18.2 Å². The Morgan fingerprint density at radius 1 is 0.947 bits per heavy atom. The highest BCUT2D eigenvalue weighted by Gasteiger charge is 2.39. The average molecular weight is 562 g/mol. The molecular formula is C27H35N3O6S2. The van der Waals surface area contributed by atoms with Gasteiger partial charge in [-0.15, -0.1) is 0 Å². The molecule has 0 atom stereocenters. The molecule has 0 N–H and O–H groups in total. The van der Waals surface area contributed by atoms with E-state index in [1.54, 1.807) is 29.2 Å². The number of piperidine rings is 1. The molecule has 0 radical (unpaired) electrons. The van der Waals surface area contributed by atoms with E-state index in [-0.39, 0.29) is 11.6 Å². The van der Waals surface area contributed by atoms with Gasteiger partial charge in [-0.2, -0.15) is 3.71 Å². The zero-order valence-electron chi connectivity index (χ0n) is 22.5. The van der Waals surface area contributed by atoms with Gasteiger partial charge in [0.25, 0.3) is 5.91 Å². The second-order valence-corrected chi connectivity index (χ2v) is 13.9. The number of amides is 1. The number of rotatable bonds is 7. The number of fused-ring (bicyclic) bond motifs is 1. The minimum Gasteiger partial charge on any atom is -0.482 e. The Morgan fingerprint density at radius 2 is 1.53 bits per heavy atom. The van der Waals surface area contributed by atoms with Crippen LogP contribution in [0, 0.1) is 0 Å². The number of sulfonamides is 2. The molecule has 1 amide bonds. The zero-order valence-corrected chi connectivity index (χ0v) is 24.1. The van der Waals surface area contributed by atoms with Crippen molar-refractivity contribution in [1.82, 2.24) is 9.80 Å². The second-order valence-electron chi connectivity index (χ2n) is 9.99. The Hall–Kier alpha value is -2.89. The number of benzene rings is 2. The standard InChI is InChI=1S/C27H35N3O6S2/c1-6-29(7-2)26(31)21-10-8-20(9-11-21)24-19-27(14-16-28(3)17-15-27)36-25-13-12-22(18-23(24)25)30(37(4,32)33)38(5,34)35/h8-13,18-19H,6-7,14-17H2,1-5H3. The van der Waals surface area contributed by atoms with Crippen LogP contribution in [0.5, 0.6) is 5.75 Å². The molecule has 0 saturated carbocycles. The van der Waals surface area contributed by atoms with Crippen LogP contribution < -0.4 is 8.45 Å². The number of hydrogen-bond acceptors (Lipinski definition) is 7. The molecule has 9 nitrogen and oxygen atoms in total. The summed E-state index contributed by atoms with van der Waals surface area (Å²) in [5.74, 6) is 0.509. The van der Waals surface area contributed by atoms with E-state index in [1.807, 2.05) is 26.0 Å². The summed E-state index contributed by atoms with van der Waals surface area (Å²) in [5, 5.41) is 0. The van der Waals surface area contributed by atoms with Gasteiger partial charge in [-0.3, -0.25) is 4.79 Å². The highest BCUT2D eigenvalue weighted by molar-refractivity contribution is 8.09. The number of carbonyl (C=O) groups excluding carboxylic acids is 1. The van der Waals surface area contributed by atoms with E-state index >= 15 is 0 Å². The van der Waals surface area contributed by atoms with Gasteiger partial charge in [0.2, 0.25) is 20.0 Å². The van der Waals surface area contributed by atoms with Crippen molar-refractivity contribution < 1.29 is 26.4 Å². The Morgan fingerprint density at radius 3 is 2.05 bits per heavy atom. The summed E-state index contributed by atoms with van der Waals surface area (Å²) >= 11 is 0. The number of carbonyl (C=O) groups is 1. The van der Waals surface area contributed by atoms with Crippen molar-refractivity contribution in [3.8, 4) is 5.75 Å². The lowest BCUT2D eigenvalue weighted by Crippen LogP contribution is -2.46. The molecule has 0 bridgehead atoms. The smallest absolute Gasteiger partial charge is 0.253 e. The van der Waals surface area contributed by atoms with Crippen LogP contribution in [-0.2, 0) is 20.0 Å². The van der Waals surface area contributed by atoms with E-state index in [9.17, 15) is 21.6 Å². The van der Waals surface area contributed by atoms with Crippen LogP contribution in [-0.4, -0.2) is 83.9 Å². The summed E-state index contributed by atoms with van der Waals surface area (Å²) in [6.07, 6.45) is 5.33. The van der Waals surface area contributed by atoms with Crippen LogP contribution >= 0.6 is 0 Å². The number of likely N-dealkylation sites (tertiary alicyclic amines) is 1. The molecule has 4 rings (SSSR count). The monoisotopic (exact) mass is 561 g/mol. The SMILES string of the molecule is CCN(CC)C(=O)c1ccc(C2=CC3(CCN(C)CC3)Oc3ccc(N(S(C)(=O)=O)S(C)(=O)=O)cc32)cc1. The predicted octanol–water partition coefficient (Wildman–Crippen LogP) is 3.18. The molecule has 2 aliphatic heterocycles. The molecule has 1 saturated heterocycles. The summed E-state index contributed by atoms with van der Waals surface area (Å²) in [7, 11) is -6.15. The lowest BCUT2D eigenvalue weighted by molar-refractivity contribution is 0.0468. The highest BCUT2D eigenvalue weighted by atomic mass is 32.3. The summed E-state index contributed by atoms with van der Waals surface area (Å²) in [6, 6.07) is 12.0. The maximum Gasteiger partial charge on any atom is 0.253 e. The summed E-state index contributed by atoms with van der Waals surface area (Å²) < 4.78 is 56.7. The zero-order chi connectivity index (χ0) is 27.9. The quantitative estimate of drug-likeness (QED) is 0.511. The predicted molar refractivity (Wildman–Crippen MR) is 149 cm³/mol. The lowest BCUT2D eigenvalue weighted by Gasteiger charge is -2.42. The summed E-state index contributed by atoms with van der Waals surface area (Å²) in [6.45, 7) is 6.81. The molecule has 2 aliphatic rings. The Kier molecular flexibility index (Phi) is 7.66. The highest BCUT2D eigenvalue weighted by Crippen LogP contribution is 2.45. The van der Waals surface area contributed by atoms with Crippen molar-refractivity contribution in [1.29, 1.82) is 0 Å². The molecule has 1 fully saturated rings. The van der Waals surface area contributed by atoms with Gasteiger partial charge < -0.3 is 14.5 Å². The van der Waals surface area contributed by atoms with Crippen LogP contribution in [0.3, 0.4) is 0 Å². The first-order valence-corrected chi connectivity index (χ1v) is 16.3. The van der Waals surface area contributed by atoms with Gasteiger partial charge in [-0.1, -0.05) is 12.1 Å². The van der Waals surface area contributed by atoms with E-state index < -0.39 is 25.6 Å². The van der Waals surface area contributed by atoms with Crippen LogP contribution in [0.1, 0.15) is 48.2 Å². The van der Waals surface area contributed by atoms with E-state index in [4.69, 9.17) is 4.74 Å². The Balaban J connectivity index is 1.84. The van der Waals surface area contributed by atoms with Crippen LogP contribution in [0.2, 0.25) is 0 Å². The number of anilines is 1. The third-order valence-electron chi connectivity index (χ3n) is 7.11. The molecule has 2 aromatic carbocycles. The second kappa shape index (κ2) is 10.3. The van der Waals surface area contributed by atoms with E-state index in [2.05, 4.69) is 18.0 Å². The fraction of sp³-hybridized carbons (Fsp3) is 0.444. The third kappa shape index (κ3) is 5.60. The molecule has 2 aromatic rings. The van der Waals surface area contributed by atoms with Crippen molar-refractivity contribution in [2.45, 2.75) is 32.3 Å². The van der Waals surface area contributed by atoms with Gasteiger partial charge in [0, 0.05) is 50.1 Å². The lowest BCUT2D eigenvalue weighted by atomic mass is 9.83. The maximum atomic E-state index is 12.8. The van der Waals surface area contributed by atoms with Crippen molar-refractivity contribution in [3.63, 3.8) is 0 Å². The number of ether oxygens (including phenoxy) is 1. The van der Waals surface area contributed by atoms with E-state index in [0.717, 1.165) is 49.6 Å². The maximum absolute atomic E-state index is 12.8. The average Bonchev–Trinajstić information content (AvgIpc) is 2.85. The molecule has 0 aliphatic carbocycles. The Labute approximate surface area is 225 Å². The molecule has 38 heavy (non-hydrogen) atoms. The van der Waals surface area contributed by atoms with Crippen molar-refractivity contribution in [3.05, 3.63) is 65.2 Å². The fourth-order valence-corrected chi connectivity index (χ4v) is 8.08. The van der Waals surface area contributed by atoms with Crippen molar-refractivity contribution in [2.75, 3.05) is 49.4 Å². The van der Waals surface area contributed by atoms with Gasteiger partial charge in [-0.25, -0.2) is 16.8 Å². The van der Waals surface area contributed by atoms with Crippen molar-refractivity contribution in [2.24, 2.45) is 0 Å². The minimum absolute atomic E-state index is 0.0101. The summed E-state index contributed by atoms with van der Waals surface area (Å²) in [4.78, 5) is 16.8. The van der Waals surface area contributed by atoms with E-state index in [0.29, 0.717) is 33.7 Å². The van der Waals surface area contributed by atoms with Crippen LogP contribution in [0.25, 0.3) is 5.57 Å². The van der Waals surface area contributed by atoms with Crippen LogP contribution in [0.4, 0.5) is 5.69 Å².